The second-order valence-electron chi connectivity index (χ2n) is 13.1. The molecule has 0 bridgehead atoms. The zero-order valence-corrected chi connectivity index (χ0v) is 27.1. The number of amides is 1. The number of halogens is 1. The standard InChI is InChI=1S/C35H40FN7OS/c1-21(2)17-41-12-9-25(10-13-41)24-5-7-26(8-6-24)28-15-22(3)29-19-43(40-31(29)23(28)4)33(34(44)39-35-37-11-14-45-35)32-30-16-27(36)18-42(30)20-38-32/h5-8,11,14-15,19-21,25,27,33H,9-10,12-13,16-18H2,1-4H3,(H,37,39,44)/t27-,33?/m1/s1. The molecule has 1 unspecified atom stereocenters. The fraction of sp³-hybridized carbons (Fsp3) is 0.429. The molecule has 2 aliphatic rings. The van der Waals surface area contributed by atoms with Crippen LogP contribution in [0.1, 0.15) is 66.7 Å². The lowest BCUT2D eigenvalue weighted by molar-refractivity contribution is -0.118. The van der Waals surface area contributed by atoms with Crippen molar-refractivity contribution in [3.63, 3.8) is 0 Å². The van der Waals surface area contributed by atoms with Crippen LogP contribution >= 0.6 is 11.3 Å². The predicted molar refractivity (Wildman–Crippen MR) is 178 cm³/mol. The zero-order valence-electron chi connectivity index (χ0n) is 26.3. The van der Waals surface area contributed by atoms with E-state index in [0.717, 1.165) is 38.9 Å². The average molecular weight is 626 g/mol. The van der Waals surface area contributed by atoms with Crippen molar-refractivity contribution in [3.8, 4) is 11.1 Å². The third kappa shape index (κ3) is 5.81. The minimum absolute atomic E-state index is 0.229. The molecule has 10 heteroatoms. The number of imidazole rings is 1. The second-order valence-corrected chi connectivity index (χ2v) is 14.0. The van der Waals surface area contributed by atoms with Gasteiger partial charge < -0.3 is 9.47 Å². The molecule has 234 valence electrons. The Morgan fingerprint density at radius 1 is 1.13 bits per heavy atom. The van der Waals surface area contributed by atoms with Gasteiger partial charge in [-0.25, -0.2) is 14.4 Å². The molecule has 0 spiro atoms. The summed E-state index contributed by atoms with van der Waals surface area (Å²) in [5.41, 5.74) is 7.96. The van der Waals surface area contributed by atoms with Gasteiger partial charge in [0.15, 0.2) is 11.2 Å². The van der Waals surface area contributed by atoms with Crippen LogP contribution in [0.15, 0.2) is 54.4 Å². The highest BCUT2D eigenvalue weighted by molar-refractivity contribution is 7.13. The highest BCUT2D eigenvalue weighted by Crippen LogP contribution is 2.36. The van der Waals surface area contributed by atoms with Crippen LogP contribution in [0.25, 0.3) is 22.0 Å². The molecule has 5 aromatic rings. The van der Waals surface area contributed by atoms with Crippen molar-refractivity contribution in [1.29, 1.82) is 0 Å². The van der Waals surface area contributed by atoms with Crippen molar-refractivity contribution < 1.29 is 9.18 Å². The number of nitrogens with zero attached hydrogens (tertiary/aromatic N) is 6. The van der Waals surface area contributed by atoms with Crippen LogP contribution < -0.4 is 5.32 Å². The number of carbonyl (C=O) groups excluding carboxylic acids is 1. The number of rotatable bonds is 8. The summed E-state index contributed by atoms with van der Waals surface area (Å²) in [5.74, 6) is 1.01. The first-order chi connectivity index (χ1) is 21.7. The molecule has 2 atom stereocenters. The van der Waals surface area contributed by atoms with Crippen molar-refractivity contribution in [2.24, 2.45) is 5.92 Å². The Morgan fingerprint density at radius 3 is 2.62 bits per heavy atom. The van der Waals surface area contributed by atoms with Gasteiger partial charge in [0, 0.05) is 41.8 Å². The van der Waals surface area contributed by atoms with Crippen LogP contribution in [-0.4, -0.2) is 60.9 Å². The first kappa shape index (κ1) is 29.8. The lowest BCUT2D eigenvalue weighted by Gasteiger charge is -2.33. The molecule has 1 amide bonds. The van der Waals surface area contributed by atoms with Gasteiger partial charge in [-0.3, -0.25) is 14.8 Å². The Hall–Kier alpha value is -3.89. The third-order valence-corrected chi connectivity index (χ3v) is 10.1. The number of carbonyl (C=O) groups is 1. The van der Waals surface area contributed by atoms with E-state index in [1.54, 1.807) is 21.8 Å². The summed E-state index contributed by atoms with van der Waals surface area (Å²) in [6, 6.07) is 10.4. The van der Waals surface area contributed by atoms with Crippen LogP contribution in [0.5, 0.6) is 0 Å². The Kier molecular flexibility index (Phi) is 8.03. The molecular weight excluding hydrogens is 585 g/mol. The molecule has 1 N–H and O–H groups in total. The van der Waals surface area contributed by atoms with Gasteiger partial charge in [0.1, 0.15) is 6.17 Å². The molecule has 0 saturated carbocycles. The van der Waals surface area contributed by atoms with E-state index in [1.807, 2.05) is 11.6 Å². The predicted octanol–water partition coefficient (Wildman–Crippen LogP) is 6.93. The zero-order chi connectivity index (χ0) is 31.2. The number of thiazole rings is 1. The van der Waals surface area contributed by atoms with Gasteiger partial charge in [-0.2, -0.15) is 5.10 Å². The fourth-order valence-corrected chi connectivity index (χ4v) is 7.70. The number of fused-ring (bicyclic) bond motifs is 2. The number of piperidine rings is 1. The Labute approximate surface area is 267 Å². The highest BCUT2D eigenvalue weighted by Gasteiger charge is 2.34. The van der Waals surface area contributed by atoms with E-state index in [0.29, 0.717) is 22.7 Å². The van der Waals surface area contributed by atoms with E-state index in [-0.39, 0.29) is 18.9 Å². The molecule has 2 aliphatic heterocycles. The van der Waals surface area contributed by atoms with Crippen LogP contribution in [0, 0.1) is 19.8 Å². The summed E-state index contributed by atoms with van der Waals surface area (Å²) < 4.78 is 17.9. The minimum atomic E-state index is -0.989. The second kappa shape index (κ2) is 12.1. The fourth-order valence-electron chi connectivity index (χ4n) is 7.17. The maximum atomic E-state index is 14.4. The number of hydrogen-bond acceptors (Lipinski definition) is 6. The monoisotopic (exact) mass is 625 g/mol. The molecule has 8 nitrogen and oxygen atoms in total. The number of alkyl halides is 1. The van der Waals surface area contributed by atoms with Crippen LogP contribution in [0.4, 0.5) is 9.52 Å². The lowest BCUT2D eigenvalue weighted by atomic mass is 9.87. The Morgan fingerprint density at radius 2 is 1.91 bits per heavy atom. The number of anilines is 1. The summed E-state index contributed by atoms with van der Waals surface area (Å²) in [5, 5.41) is 11.2. The molecular formula is C35H40FN7OS. The van der Waals surface area contributed by atoms with E-state index in [9.17, 15) is 9.18 Å². The van der Waals surface area contributed by atoms with Gasteiger partial charge in [-0.05, 0) is 79.4 Å². The van der Waals surface area contributed by atoms with Gasteiger partial charge in [0.2, 0.25) is 0 Å². The first-order valence-corrected chi connectivity index (χ1v) is 16.8. The van der Waals surface area contributed by atoms with Crippen molar-refractivity contribution >= 4 is 33.3 Å². The Bertz CT molecular complexity index is 1820. The van der Waals surface area contributed by atoms with Crippen molar-refractivity contribution in [1.82, 2.24) is 29.2 Å². The van der Waals surface area contributed by atoms with Crippen LogP contribution in [0.2, 0.25) is 0 Å². The summed E-state index contributed by atoms with van der Waals surface area (Å²) >= 11 is 1.35. The molecule has 45 heavy (non-hydrogen) atoms. The molecule has 0 radical (unpaired) electrons. The molecule has 1 saturated heterocycles. The summed E-state index contributed by atoms with van der Waals surface area (Å²) in [6.07, 6.45) is 6.86. The van der Waals surface area contributed by atoms with Gasteiger partial charge in [0.05, 0.1) is 24.1 Å². The van der Waals surface area contributed by atoms with Gasteiger partial charge in [-0.1, -0.05) is 44.2 Å². The van der Waals surface area contributed by atoms with Crippen molar-refractivity contribution in [3.05, 3.63) is 82.5 Å². The number of hydrogen-bond donors (Lipinski definition) is 1. The number of aryl methyl sites for hydroxylation is 2. The molecule has 1 fully saturated rings. The van der Waals surface area contributed by atoms with E-state index >= 15 is 0 Å². The highest BCUT2D eigenvalue weighted by atomic mass is 32.1. The first-order valence-electron chi connectivity index (χ1n) is 15.9. The van der Waals surface area contributed by atoms with E-state index < -0.39 is 12.2 Å². The number of likely N-dealkylation sites (tertiary alicyclic amines) is 1. The topological polar surface area (TPSA) is 80.9 Å². The lowest BCUT2D eigenvalue weighted by Crippen LogP contribution is -2.35. The van der Waals surface area contributed by atoms with Gasteiger partial charge in [0.25, 0.3) is 5.91 Å². The van der Waals surface area contributed by atoms with Crippen molar-refractivity contribution in [2.75, 3.05) is 25.0 Å². The van der Waals surface area contributed by atoms with Gasteiger partial charge in [-0.15, -0.1) is 11.3 Å². The normalized spacial score (nSPS) is 18.1. The molecule has 3 aromatic heterocycles. The van der Waals surface area contributed by atoms with Gasteiger partial charge >= 0.3 is 0 Å². The van der Waals surface area contributed by atoms with E-state index in [4.69, 9.17) is 5.10 Å². The average Bonchev–Trinajstić information content (AvgIpc) is 3.82. The summed E-state index contributed by atoms with van der Waals surface area (Å²) in [6.45, 7) is 12.5. The van der Waals surface area contributed by atoms with E-state index in [1.165, 1.54) is 49.4 Å². The minimum Gasteiger partial charge on any atom is -0.331 e. The maximum absolute atomic E-state index is 14.4. The van der Waals surface area contributed by atoms with Crippen LogP contribution in [0.3, 0.4) is 0 Å². The summed E-state index contributed by atoms with van der Waals surface area (Å²) in [7, 11) is 0. The SMILES string of the molecule is Cc1cc(-c2ccc(C3CCN(CC(C)C)CC3)cc2)c(C)c2nn(C(C(=O)Nc3nccs3)c3ncn4c3C[C@@H](F)C4)cc12. The maximum Gasteiger partial charge on any atom is 0.257 e. The molecule has 5 heterocycles. The third-order valence-electron chi connectivity index (χ3n) is 9.40. The largest absolute Gasteiger partial charge is 0.331 e. The smallest absolute Gasteiger partial charge is 0.257 e. The number of aromatic nitrogens is 5. The number of nitrogens with one attached hydrogen (secondary N) is 1. The molecule has 0 aliphatic carbocycles. The number of benzene rings is 2. The van der Waals surface area contributed by atoms with E-state index in [2.05, 4.69) is 78.2 Å². The van der Waals surface area contributed by atoms with Crippen LogP contribution in [-0.2, 0) is 17.8 Å². The van der Waals surface area contributed by atoms with Crippen molar-refractivity contribution in [2.45, 2.75) is 71.6 Å². The quantitative estimate of drug-likeness (QED) is 0.202. The summed E-state index contributed by atoms with van der Waals surface area (Å²) in [4.78, 5) is 25.2. The Balaban J connectivity index is 1.20. The molecule has 2 aromatic carbocycles. The molecule has 7 rings (SSSR count).